The molecule has 3 unspecified atom stereocenters. The summed E-state index contributed by atoms with van der Waals surface area (Å²) in [6.45, 7) is -0.460. The van der Waals surface area contributed by atoms with Crippen LogP contribution < -0.4 is 4.74 Å². The molecule has 19 heavy (non-hydrogen) atoms. The molecule has 1 saturated carbocycles. The number of nitriles is 1. The predicted octanol–water partition coefficient (Wildman–Crippen LogP) is 0.708. The zero-order valence-corrected chi connectivity index (χ0v) is 11.5. The third-order valence-electron chi connectivity index (χ3n) is 3.66. The fourth-order valence-corrected chi connectivity index (χ4v) is 4.53. The van der Waals surface area contributed by atoms with E-state index in [9.17, 15) is 18.8 Å². The van der Waals surface area contributed by atoms with Crippen molar-refractivity contribution >= 4 is 9.84 Å². The van der Waals surface area contributed by atoms with Crippen LogP contribution in [-0.4, -0.2) is 38.7 Å². The van der Waals surface area contributed by atoms with E-state index in [0.717, 1.165) is 11.8 Å². The number of aliphatic hydroxyl groups excluding tert-OH is 1. The molecular weight excluding hydrogens is 266 g/mol. The van der Waals surface area contributed by atoms with E-state index in [0.29, 0.717) is 5.75 Å². The molecule has 0 amide bonds. The topological polar surface area (TPSA) is 87.4 Å². The maximum absolute atomic E-state index is 11.7. The third-order valence-corrected chi connectivity index (χ3v) is 5.28. The summed E-state index contributed by atoms with van der Waals surface area (Å²) >= 11 is 0. The van der Waals surface area contributed by atoms with Crippen molar-refractivity contribution in [3.63, 3.8) is 0 Å². The van der Waals surface area contributed by atoms with Crippen LogP contribution in [0.15, 0.2) is 24.3 Å². The Balaban J connectivity index is 2.41. The summed E-state index contributed by atoms with van der Waals surface area (Å²) in [6, 6.07) is 8.87. The van der Waals surface area contributed by atoms with Crippen LogP contribution in [0.5, 0.6) is 5.75 Å². The monoisotopic (exact) mass is 281 g/mol. The molecule has 1 aromatic carbocycles. The van der Waals surface area contributed by atoms with E-state index in [-0.39, 0.29) is 0 Å². The number of sulfone groups is 1. The van der Waals surface area contributed by atoms with Gasteiger partial charge >= 0.3 is 0 Å². The summed E-state index contributed by atoms with van der Waals surface area (Å²) in [4.78, 5) is 0. The summed E-state index contributed by atoms with van der Waals surface area (Å²) in [6.07, 6.45) is 1.10. The Kier molecular flexibility index (Phi) is 3.29. The second-order valence-corrected chi connectivity index (χ2v) is 6.98. The number of rotatable bonds is 4. The average molecular weight is 281 g/mol. The summed E-state index contributed by atoms with van der Waals surface area (Å²) in [5.41, 5.74) is -0.492. The zero-order valence-electron chi connectivity index (χ0n) is 10.7. The highest BCUT2D eigenvalue weighted by atomic mass is 32.2. The molecule has 0 aliphatic heterocycles. The van der Waals surface area contributed by atoms with Gasteiger partial charge in [-0.3, -0.25) is 0 Å². The minimum absolute atomic E-state index is 0.460. The van der Waals surface area contributed by atoms with Gasteiger partial charge in [-0.15, -0.1) is 0 Å². The molecule has 2 rings (SSSR count). The first kappa shape index (κ1) is 13.8. The molecular formula is C13H15NO4S. The third kappa shape index (κ3) is 2.09. The average Bonchev–Trinajstić information content (AvgIpc) is 3.09. The van der Waals surface area contributed by atoms with Crippen molar-refractivity contribution in [3.05, 3.63) is 29.8 Å². The van der Waals surface area contributed by atoms with Gasteiger partial charge in [0.15, 0.2) is 9.84 Å². The molecule has 0 bridgehead atoms. The van der Waals surface area contributed by atoms with Crippen LogP contribution in [0.25, 0.3) is 0 Å². The Morgan fingerprint density at radius 1 is 1.42 bits per heavy atom. The van der Waals surface area contributed by atoms with Crippen LogP contribution >= 0.6 is 0 Å². The highest BCUT2D eigenvalue weighted by Gasteiger charge is 2.70. The minimum Gasteiger partial charge on any atom is -0.497 e. The molecule has 5 nitrogen and oxygen atoms in total. The van der Waals surface area contributed by atoms with Gasteiger partial charge in [-0.1, -0.05) is 12.1 Å². The summed E-state index contributed by atoms with van der Waals surface area (Å²) in [5, 5.41) is 17.8. The molecule has 0 aromatic heterocycles. The van der Waals surface area contributed by atoms with Crippen molar-refractivity contribution in [3.8, 4) is 11.8 Å². The Hall–Kier alpha value is -1.58. The summed E-state index contributed by atoms with van der Waals surface area (Å²) in [7, 11) is -1.85. The number of nitrogens with zero attached hydrogens (tertiary/aromatic N) is 1. The van der Waals surface area contributed by atoms with Crippen molar-refractivity contribution < 1.29 is 18.3 Å². The smallest absolute Gasteiger partial charge is 0.152 e. The molecule has 0 radical (unpaired) electrons. The van der Waals surface area contributed by atoms with Crippen LogP contribution in [0.4, 0.5) is 0 Å². The van der Waals surface area contributed by atoms with Crippen LogP contribution in [0.2, 0.25) is 0 Å². The van der Waals surface area contributed by atoms with Gasteiger partial charge in [0.25, 0.3) is 0 Å². The van der Waals surface area contributed by atoms with Gasteiger partial charge in [-0.2, -0.15) is 5.26 Å². The fraction of sp³-hybridized carbons (Fsp3) is 0.462. The van der Waals surface area contributed by atoms with Crippen molar-refractivity contribution in [2.75, 3.05) is 20.0 Å². The lowest BCUT2D eigenvalue weighted by atomic mass is 10.0. The number of ether oxygens (including phenoxy) is 1. The Morgan fingerprint density at radius 3 is 2.32 bits per heavy atom. The highest BCUT2D eigenvalue weighted by Crippen LogP contribution is 2.62. The van der Waals surface area contributed by atoms with Gasteiger partial charge in [-0.05, 0) is 17.7 Å². The largest absolute Gasteiger partial charge is 0.497 e. The second-order valence-electron chi connectivity index (χ2n) is 4.81. The second kappa shape index (κ2) is 4.51. The zero-order chi connectivity index (χ0) is 14.3. The maximum Gasteiger partial charge on any atom is 0.152 e. The van der Waals surface area contributed by atoms with E-state index >= 15 is 0 Å². The highest BCUT2D eigenvalue weighted by molar-refractivity contribution is 7.91. The minimum atomic E-state index is -3.39. The van der Waals surface area contributed by atoms with E-state index in [2.05, 4.69) is 0 Å². The van der Waals surface area contributed by atoms with Gasteiger partial charge in [-0.25, -0.2) is 8.42 Å². The van der Waals surface area contributed by atoms with Gasteiger partial charge in [0.1, 0.15) is 11.2 Å². The van der Waals surface area contributed by atoms with Crippen molar-refractivity contribution in [1.82, 2.24) is 0 Å². The molecule has 1 aromatic rings. The molecule has 0 saturated heterocycles. The van der Waals surface area contributed by atoms with Crippen LogP contribution in [-0.2, 0) is 9.84 Å². The molecule has 102 valence electrons. The van der Waals surface area contributed by atoms with Crippen molar-refractivity contribution in [1.29, 1.82) is 5.26 Å². The summed E-state index contributed by atoms with van der Waals surface area (Å²) < 4.78 is 28.5. The predicted molar refractivity (Wildman–Crippen MR) is 69.5 cm³/mol. The number of methoxy groups -OCH3 is 1. The fourth-order valence-electron chi connectivity index (χ4n) is 2.67. The van der Waals surface area contributed by atoms with E-state index < -0.39 is 33.0 Å². The SMILES string of the molecule is COc1ccc(C2C(S(C)(=O)=O)C2(C#N)CO)cc1. The van der Waals surface area contributed by atoms with Gasteiger partial charge < -0.3 is 9.84 Å². The quantitative estimate of drug-likeness (QED) is 0.878. The first-order valence-corrected chi connectivity index (χ1v) is 7.71. The van der Waals surface area contributed by atoms with Crippen LogP contribution in [0.1, 0.15) is 11.5 Å². The Labute approximate surface area is 112 Å². The normalized spacial score (nSPS) is 29.6. The Bertz CT molecular complexity index is 617. The number of benzene rings is 1. The first-order valence-electron chi connectivity index (χ1n) is 5.75. The van der Waals surface area contributed by atoms with Gasteiger partial charge in [0.2, 0.25) is 0 Å². The van der Waals surface area contributed by atoms with E-state index in [4.69, 9.17) is 4.74 Å². The van der Waals surface area contributed by atoms with E-state index in [1.54, 1.807) is 31.4 Å². The molecule has 0 heterocycles. The van der Waals surface area contributed by atoms with E-state index in [1.165, 1.54) is 0 Å². The lowest BCUT2D eigenvalue weighted by Crippen LogP contribution is -2.16. The number of hydrogen-bond donors (Lipinski definition) is 1. The standard InChI is InChI=1S/C13H15NO4S/c1-18-10-5-3-9(4-6-10)11-12(19(2,16)17)13(11,7-14)8-15/h3-6,11-12,15H,8H2,1-2H3. The van der Waals surface area contributed by atoms with E-state index in [1.807, 2.05) is 6.07 Å². The van der Waals surface area contributed by atoms with Crippen LogP contribution in [0.3, 0.4) is 0 Å². The van der Waals surface area contributed by atoms with Crippen LogP contribution in [0, 0.1) is 16.7 Å². The van der Waals surface area contributed by atoms with Crippen molar-refractivity contribution in [2.45, 2.75) is 11.2 Å². The molecule has 1 N–H and O–H groups in total. The van der Waals surface area contributed by atoms with Crippen molar-refractivity contribution in [2.24, 2.45) is 5.41 Å². The first-order chi connectivity index (χ1) is 8.90. The summed E-state index contributed by atoms with van der Waals surface area (Å²) in [5.74, 6) is 0.176. The number of hydrogen-bond acceptors (Lipinski definition) is 5. The molecule has 1 aliphatic rings. The van der Waals surface area contributed by atoms with Gasteiger partial charge in [0, 0.05) is 12.2 Å². The molecule has 1 fully saturated rings. The lowest BCUT2D eigenvalue weighted by molar-refractivity contribution is 0.242. The molecule has 6 heteroatoms. The Morgan fingerprint density at radius 2 is 2.00 bits per heavy atom. The van der Waals surface area contributed by atoms with Gasteiger partial charge in [0.05, 0.1) is 25.0 Å². The molecule has 3 atom stereocenters. The number of aliphatic hydroxyl groups is 1. The molecule has 0 spiro atoms. The lowest BCUT2D eigenvalue weighted by Gasteiger charge is -2.04. The maximum atomic E-state index is 11.7. The molecule has 1 aliphatic carbocycles.